The second-order valence-corrected chi connectivity index (χ2v) is 7.35. The Hall–Kier alpha value is -4.52. The third-order valence-electron chi connectivity index (χ3n) is 4.95. The maximum atomic E-state index is 12.6. The highest BCUT2D eigenvalue weighted by atomic mass is 16.1. The van der Waals surface area contributed by atoms with Gasteiger partial charge in [-0.25, -0.2) is 9.97 Å². The van der Waals surface area contributed by atoms with Crippen molar-refractivity contribution in [1.29, 1.82) is 0 Å². The van der Waals surface area contributed by atoms with Gasteiger partial charge < -0.3 is 16.5 Å². The first-order valence-corrected chi connectivity index (χ1v) is 10.5. The Morgan fingerprint density at radius 1 is 0.909 bits per heavy atom. The Balaban J connectivity index is 1.44. The van der Waals surface area contributed by atoms with Gasteiger partial charge in [-0.1, -0.05) is 72.8 Å². The summed E-state index contributed by atoms with van der Waals surface area (Å²) in [7, 11) is 0. The number of aromatic nitrogens is 2. The van der Waals surface area contributed by atoms with Crippen LogP contribution >= 0.6 is 0 Å². The van der Waals surface area contributed by atoms with Gasteiger partial charge in [-0.2, -0.15) is 5.10 Å². The van der Waals surface area contributed by atoms with Gasteiger partial charge in [-0.3, -0.25) is 4.79 Å². The third kappa shape index (κ3) is 6.01. The molecule has 4 rings (SSSR count). The van der Waals surface area contributed by atoms with Crippen LogP contribution in [0, 0.1) is 0 Å². The molecular formula is C26H24N6O. The molecule has 4 N–H and O–H groups in total. The van der Waals surface area contributed by atoms with Crippen molar-refractivity contribution in [3.63, 3.8) is 0 Å². The first kappa shape index (κ1) is 21.7. The number of hydrazone groups is 1. The van der Waals surface area contributed by atoms with Gasteiger partial charge in [0.05, 0.1) is 24.7 Å². The molecule has 1 amide bonds. The van der Waals surface area contributed by atoms with Crippen molar-refractivity contribution in [2.75, 3.05) is 5.73 Å². The van der Waals surface area contributed by atoms with Gasteiger partial charge in [0.1, 0.15) is 5.69 Å². The third-order valence-corrected chi connectivity index (χ3v) is 4.95. The monoisotopic (exact) mass is 436 g/mol. The SMILES string of the molecule is Nc1ncc(-c2cccc(C(=O)NCc3ccccc3)c2)nc1C=NNCc1ccccc1. The van der Waals surface area contributed by atoms with Crippen LogP contribution < -0.4 is 16.5 Å². The average molecular weight is 437 g/mol. The smallest absolute Gasteiger partial charge is 0.251 e. The molecule has 1 heterocycles. The fourth-order valence-electron chi connectivity index (χ4n) is 3.19. The summed E-state index contributed by atoms with van der Waals surface area (Å²) in [5, 5.41) is 7.15. The second-order valence-electron chi connectivity index (χ2n) is 7.35. The van der Waals surface area contributed by atoms with Gasteiger partial charge in [-0.05, 0) is 23.3 Å². The van der Waals surface area contributed by atoms with Gasteiger partial charge in [0, 0.05) is 17.7 Å². The van der Waals surface area contributed by atoms with Crippen LogP contribution in [0.5, 0.6) is 0 Å². The van der Waals surface area contributed by atoms with E-state index in [-0.39, 0.29) is 11.7 Å². The number of anilines is 1. The molecule has 7 heteroatoms. The first-order chi connectivity index (χ1) is 16.2. The fourth-order valence-corrected chi connectivity index (χ4v) is 3.19. The molecule has 3 aromatic carbocycles. The number of hydrogen-bond acceptors (Lipinski definition) is 6. The minimum atomic E-state index is -0.156. The number of hydrogen-bond donors (Lipinski definition) is 3. The predicted octanol–water partition coefficient (Wildman–Crippen LogP) is 3.78. The van der Waals surface area contributed by atoms with Crippen LogP contribution in [0.2, 0.25) is 0 Å². The Morgan fingerprint density at radius 2 is 1.61 bits per heavy atom. The highest BCUT2D eigenvalue weighted by Gasteiger charge is 2.10. The number of nitrogens with zero attached hydrogens (tertiary/aromatic N) is 3. The van der Waals surface area contributed by atoms with Crippen LogP contribution in [-0.2, 0) is 13.1 Å². The molecule has 0 radical (unpaired) electrons. The summed E-state index contributed by atoms with van der Waals surface area (Å²) < 4.78 is 0. The largest absolute Gasteiger partial charge is 0.382 e. The van der Waals surface area contributed by atoms with Crippen molar-refractivity contribution in [1.82, 2.24) is 20.7 Å². The average Bonchev–Trinajstić information content (AvgIpc) is 2.87. The van der Waals surface area contributed by atoms with Gasteiger partial charge in [0.15, 0.2) is 5.82 Å². The van der Waals surface area contributed by atoms with Gasteiger partial charge in [-0.15, -0.1) is 0 Å². The maximum absolute atomic E-state index is 12.6. The van der Waals surface area contributed by atoms with E-state index in [1.54, 1.807) is 24.5 Å². The molecule has 0 fully saturated rings. The Morgan fingerprint density at radius 3 is 2.33 bits per heavy atom. The molecule has 0 aliphatic carbocycles. The van der Waals surface area contributed by atoms with E-state index in [9.17, 15) is 4.79 Å². The van der Waals surface area contributed by atoms with E-state index in [4.69, 9.17) is 5.73 Å². The van der Waals surface area contributed by atoms with Crippen molar-refractivity contribution < 1.29 is 4.79 Å². The predicted molar refractivity (Wildman–Crippen MR) is 130 cm³/mol. The molecular weight excluding hydrogens is 412 g/mol. The summed E-state index contributed by atoms with van der Waals surface area (Å²) in [4.78, 5) is 21.4. The zero-order chi connectivity index (χ0) is 22.9. The topological polar surface area (TPSA) is 105 Å². The number of carbonyl (C=O) groups is 1. The molecule has 0 atom stereocenters. The Bertz CT molecular complexity index is 1240. The molecule has 0 bridgehead atoms. The Labute approximate surface area is 192 Å². The molecule has 7 nitrogen and oxygen atoms in total. The number of carbonyl (C=O) groups excluding carboxylic acids is 1. The molecule has 33 heavy (non-hydrogen) atoms. The number of nitrogens with two attached hydrogens (primary N) is 1. The van der Waals surface area contributed by atoms with E-state index in [1.165, 1.54) is 0 Å². The number of benzene rings is 3. The lowest BCUT2D eigenvalue weighted by Crippen LogP contribution is -2.22. The van der Waals surface area contributed by atoms with Gasteiger partial charge >= 0.3 is 0 Å². The minimum absolute atomic E-state index is 0.156. The van der Waals surface area contributed by atoms with Crippen molar-refractivity contribution in [3.8, 4) is 11.3 Å². The summed E-state index contributed by atoms with van der Waals surface area (Å²) in [5.41, 5.74) is 13.5. The molecule has 0 saturated heterocycles. The second kappa shape index (κ2) is 10.7. The highest BCUT2D eigenvalue weighted by Crippen LogP contribution is 2.19. The van der Waals surface area contributed by atoms with E-state index < -0.39 is 0 Å². The number of nitrogens with one attached hydrogen (secondary N) is 2. The molecule has 0 aliphatic rings. The maximum Gasteiger partial charge on any atom is 0.251 e. The number of amides is 1. The summed E-state index contributed by atoms with van der Waals surface area (Å²) in [6.45, 7) is 1.05. The van der Waals surface area contributed by atoms with E-state index in [1.807, 2.05) is 72.8 Å². The van der Waals surface area contributed by atoms with Crippen molar-refractivity contribution in [2.45, 2.75) is 13.1 Å². The zero-order valence-corrected chi connectivity index (χ0v) is 18.0. The molecule has 0 aliphatic heterocycles. The summed E-state index contributed by atoms with van der Waals surface area (Å²) in [5.74, 6) is 0.122. The van der Waals surface area contributed by atoms with Crippen molar-refractivity contribution in [3.05, 3.63) is 114 Å². The van der Waals surface area contributed by atoms with E-state index in [0.29, 0.717) is 30.0 Å². The van der Waals surface area contributed by atoms with Crippen molar-refractivity contribution >= 4 is 17.9 Å². The molecule has 0 saturated carbocycles. The molecule has 164 valence electrons. The summed E-state index contributed by atoms with van der Waals surface area (Å²) >= 11 is 0. The lowest BCUT2D eigenvalue weighted by Gasteiger charge is -2.08. The van der Waals surface area contributed by atoms with E-state index >= 15 is 0 Å². The quantitative estimate of drug-likeness (QED) is 0.288. The van der Waals surface area contributed by atoms with Crippen LogP contribution in [0.1, 0.15) is 27.2 Å². The van der Waals surface area contributed by atoms with E-state index in [0.717, 1.165) is 16.7 Å². The molecule has 1 aromatic heterocycles. The first-order valence-electron chi connectivity index (χ1n) is 10.5. The molecule has 4 aromatic rings. The number of nitrogen functional groups attached to an aromatic ring is 1. The summed E-state index contributed by atoms with van der Waals surface area (Å²) in [6, 6.07) is 27.0. The summed E-state index contributed by atoms with van der Waals surface area (Å²) in [6.07, 6.45) is 3.14. The van der Waals surface area contributed by atoms with Crippen LogP contribution in [0.15, 0.2) is 96.2 Å². The highest BCUT2D eigenvalue weighted by molar-refractivity contribution is 5.95. The molecule has 0 spiro atoms. The number of rotatable bonds is 8. The normalized spacial score (nSPS) is 10.8. The lowest BCUT2D eigenvalue weighted by molar-refractivity contribution is 0.0951. The standard InChI is InChI=1S/C26H24N6O/c27-25-24(18-31-30-16-20-10-5-2-6-11-20)32-23(17-28-25)21-12-7-13-22(14-21)26(33)29-15-19-8-3-1-4-9-19/h1-14,17-18,30H,15-16H2,(H2,27,28)(H,29,33). The fraction of sp³-hybridized carbons (Fsp3) is 0.0769. The zero-order valence-electron chi connectivity index (χ0n) is 18.0. The van der Waals surface area contributed by atoms with E-state index in [2.05, 4.69) is 25.8 Å². The minimum Gasteiger partial charge on any atom is -0.382 e. The molecule has 0 unspecified atom stereocenters. The van der Waals surface area contributed by atoms with Crippen LogP contribution in [0.25, 0.3) is 11.3 Å². The van der Waals surface area contributed by atoms with Crippen molar-refractivity contribution in [2.24, 2.45) is 5.10 Å². The van der Waals surface area contributed by atoms with Crippen LogP contribution in [0.4, 0.5) is 5.82 Å². The van der Waals surface area contributed by atoms with Crippen LogP contribution in [-0.4, -0.2) is 22.1 Å². The Kier molecular flexibility index (Phi) is 7.02. The van der Waals surface area contributed by atoms with Gasteiger partial charge in [0.2, 0.25) is 0 Å². The lowest BCUT2D eigenvalue weighted by atomic mass is 10.1. The van der Waals surface area contributed by atoms with Crippen LogP contribution in [0.3, 0.4) is 0 Å². The van der Waals surface area contributed by atoms with Gasteiger partial charge in [0.25, 0.3) is 5.91 Å².